The maximum absolute atomic E-state index is 12.5. The minimum Gasteiger partial charge on any atom is -0.504 e. The molecule has 0 aliphatic heterocycles. The lowest BCUT2D eigenvalue weighted by atomic mass is 10.1. The lowest BCUT2D eigenvalue weighted by Crippen LogP contribution is -2.11. The van der Waals surface area contributed by atoms with Crippen LogP contribution < -0.4 is 10.1 Å². The maximum Gasteiger partial charge on any atom is 0.248 e. The van der Waals surface area contributed by atoms with Crippen molar-refractivity contribution in [3.05, 3.63) is 78.0 Å². The van der Waals surface area contributed by atoms with Crippen LogP contribution in [0.3, 0.4) is 0 Å². The van der Waals surface area contributed by atoms with E-state index < -0.39 is 0 Å². The van der Waals surface area contributed by atoms with Crippen molar-refractivity contribution in [2.75, 3.05) is 12.4 Å². The Morgan fingerprint density at radius 1 is 1.33 bits per heavy atom. The Bertz CT molecular complexity index is 1170. The zero-order valence-corrected chi connectivity index (χ0v) is 16.7. The third-order valence-corrected chi connectivity index (χ3v) is 5.00. The van der Waals surface area contributed by atoms with Gasteiger partial charge >= 0.3 is 0 Å². The van der Waals surface area contributed by atoms with Crippen molar-refractivity contribution in [2.45, 2.75) is 19.4 Å². The van der Waals surface area contributed by atoms with E-state index in [1.807, 2.05) is 29.1 Å². The molecule has 2 aromatic carbocycles. The summed E-state index contributed by atoms with van der Waals surface area (Å²) < 4.78 is 6.97. The van der Waals surface area contributed by atoms with Crippen LogP contribution in [-0.4, -0.2) is 27.9 Å². The average Bonchev–Trinajstić information content (AvgIpc) is 3.17. The molecule has 1 heterocycles. The molecule has 0 saturated heterocycles. The van der Waals surface area contributed by atoms with Crippen molar-refractivity contribution in [1.82, 2.24) is 9.78 Å². The van der Waals surface area contributed by atoms with Gasteiger partial charge in [0.25, 0.3) is 0 Å². The number of phenolic OH excluding ortho intramolecular Hbond substituents is 1. The fraction of sp³-hybridized carbons (Fsp3) is 0.167. The van der Waals surface area contributed by atoms with Crippen LogP contribution in [0, 0.1) is 0 Å². The van der Waals surface area contributed by atoms with Crippen LogP contribution >= 0.6 is 0 Å². The topological polar surface area (TPSA) is 76.4 Å². The van der Waals surface area contributed by atoms with Gasteiger partial charge in [0.2, 0.25) is 5.91 Å². The molecule has 1 aliphatic rings. The summed E-state index contributed by atoms with van der Waals surface area (Å²) in [5.74, 6) is 0.158. The molecule has 1 aliphatic carbocycles. The highest BCUT2D eigenvalue weighted by Gasteiger charge is 2.11. The van der Waals surface area contributed by atoms with Gasteiger partial charge < -0.3 is 15.2 Å². The Morgan fingerprint density at radius 2 is 2.23 bits per heavy atom. The predicted octanol–water partition coefficient (Wildman–Crippen LogP) is 4.68. The molecule has 1 aromatic heterocycles. The molecule has 0 radical (unpaired) electrons. The molecule has 0 saturated carbocycles. The fourth-order valence-corrected chi connectivity index (χ4v) is 3.50. The molecule has 152 valence electrons. The molecule has 3 aromatic rings. The number of carbonyl (C=O) groups is 1. The number of ether oxygens (including phenoxy) is 1. The number of anilines is 1. The van der Waals surface area contributed by atoms with E-state index in [1.165, 1.54) is 18.8 Å². The number of allylic oxidation sites excluding steroid dienone is 4. The zero-order valence-electron chi connectivity index (χ0n) is 16.7. The number of amides is 1. The summed E-state index contributed by atoms with van der Waals surface area (Å²) in [5.41, 5.74) is 3.62. The van der Waals surface area contributed by atoms with E-state index >= 15 is 0 Å². The highest BCUT2D eigenvalue weighted by molar-refractivity contribution is 6.06. The van der Waals surface area contributed by atoms with E-state index in [1.54, 1.807) is 24.3 Å². The van der Waals surface area contributed by atoms with Gasteiger partial charge in [-0.05, 0) is 48.3 Å². The molecule has 30 heavy (non-hydrogen) atoms. The van der Waals surface area contributed by atoms with Crippen LogP contribution in [0.15, 0.2) is 72.5 Å². The van der Waals surface area contributed by atoms with Gasteiger partial charge in [-0.2, -0.15) is 5.10 Å². The van der Waals surface area contributed by atoms with Gasteiger partial charge in [-0.25, -0.2) is 0 Å². The lowest BCUT2D eigenvalue weighted by Gasteiger charge is -2.12. The molecule has 4 rings (SSSR count). The Labute approximate surface area is 174 Å². The average molecular weight is 401 g/mol. The van der Waals surface area contributed by atoms with Crippen LogP contribution in [0.4, 0.5) is 5.69 Å². The maximum atomic E-state index is 12.5. The molecule has 6 heteroatoms. The van der Waals surface area contributed by atoms with Crippen molar-refractivity contribution in [3.8, 4) is 11.5 Å². The number of carbonyl (C=O) groups excluding carboxylic acids is 1. The second kappa shape index (κ2) is 8.69. The highest BCUT2D eigenvalue weighted by Crippen LogP contribution is 2.27. The number of phenols is 1. The number of nitrogens with zero attached hydrogens (tertiary/aromatic N) is 2. The van der Waals surface area contributed by atoms with Gasteiger partial charge in [0.1, 0.15) is 0 Å². The van der Waals surface area contributed by atoms with Crippen LogP contribution in [-0.2, 0) is 11.3 Å². The number of nitrogens with one attached hydrogen (secondary N) is 1. The molecule has 0 fully saturated rings. The van der Waals surface area contributed by atoms with Gasteiger partial charge in [-0.15, -0.1) is 0 Å². The summed E-state index contributed by atoms with van der Waals surface area (Å²) in [5, 5.41) is 18.3. The molecular formula is C24H23N3O3. The molecule has 0 spiro atoms. The van der Waals surface area contributed by atoms with Crippen LogP contribution in [0.5, 0.6) is 11.5 Å². The summed E-state index contributed by atoms with van der Waals surface area (Å²) in [4.78, 5) is 12.5. The highest BCUT2D eigenvalue weighted by atomic mass is 16.5. The lowest BCUT2D eigenvalue weighted by molar-refractivity contribution is -0.111. The van der Waals surface area contributed by atoms with Crippen molar-refractivity contribution in [3.63, 3.8) is 0 Å². The molecule has 0 bridgehead atoms. The second-order valence-corrected chi connectivity index (χ2v) is 7.09. The van der Waals surface area contributed by atoms with Crippen LogP contribution in [0.1, 0.15) is 18.4 Å². The summed E-state index contributed by atoms with van der Waals surface area (Å²) in [6.07, 6.45) is 13.3. The van der Waals surface area contributed by atoms with E-state index in [0.717, 1.165) is 23.7 Å². The Morgan fingerprint density at radius 3 is 3.00 bits per heavy atom. The summed E-state index contributed by atoms with van der Waals surface area (Å²) in [6.45, 7) is 0.696. The van der Waals surface area contributed by atoms with Crippen molar-refractivity contribution in [2.24, 2.45) is 0 Å². The number of aromatic nitrogens is 2. The van der Waals surface area contributed by atoms with Gasteiger partial charge in [0, 0.05) is 11.5 Å². The Balaban J connectivity index is 1.53. The first-order chi connectivity index (χ1) is 14.6. The van der Waals surface area contributed by atoms with E-state index in [2.05, 4.69) is 28.6 Å². The largest absolute Gasteiger partial charge is 0.504 e. The smallest absolute Gasteiger partial charge is 0.248 e. The van der Waals surface area contributed by atoms with Crippen molar-refractivity contribution >= 4 is 28.6 Å². The standard InChI is InChI=1S/C24H23N3O3/c1-30-22-12-10-17(14-21(22)28)11-13-23(29)26-20-9-5-8-19-15-25-27(24(19)20)16-18-6-3-2-4-7-18/h2-3,5-6,8-15,28H,4,7,16H2,1H3,(H,26,29)/b13-11+. The molecular weight excluding hydrogens is 378 g/mol. The summed E-state index contributed by atoms with van der Waals surface area (Å²) >= 11 is 0. The minimum atomic E-state index is -0.259. The molecule has 2 N–H and O–H groups in total. The number of benzene rings is 2. The van der Waals surface area contributed by atoms with E-state index in [4.69, 9.17) is 4.74 Å². The van der Waals surface area contributed by atoms with Crippen LogP contribution in [0.2, 0.25) is 0 Å². The van der Waals surface area contributed by atoms with Crippen LogP contribution in [0.25, 0.3) is 17.0 Å². The predicted molar refractivity (Wildman–Crippen MR) is 119 cm³/mol. The first-order valence-electron chi connectivity index (χ1n) is 9.79. The third-order valence-electron chi connectivity index (χ3n) is 5.00. The van der Waals surface area contributed by atoms with Gasteiger partial charge in [-0.3, -0.25) is 9.48 Å². The number of fused-ring (bicyclic) bond motifs is 1. The first-order valence-corrected chi connectivity index (χ1v) is 9.79. The monoisotopic (exact) mass is 401 g/mol. The second-order valence-electron chi connectivity index (χ2n) is 7.09. The molecule has 6 nitrogen and oxygen atoms in total. The van der Waals surface area contributed by atoms with Gasteiger partial charge in [0.15, 0.2) is 11.5 Å². The number of hydrogen-bond donors (Lipinski definition) is 2. The summed E-state index contributed by atoms with van der Waals surface area (Å²) in [6, 6.07) is 10.7. The number of para-hydroxylation sites is 1. The fourth-order valence-electron chi connectivity index (χ4n) is 3.50. The summed E-state index contributed by atoms with van der Waals surface area (Å²) in [7, 11) is 1.49. The van der Waals surface area contributed by atoms with Gasteiger partial charge in [-0.1, -0.05) is 36.4 Å². The number of hydrogen-bond acceptors (Lipinski definition) is 4. The molecule has 0 unspecified atom stereocenters. The molecule has 1 amide bonds. The van der Waals surface area contributed by atoms with E-state index in [-0.39, 0.29) is 11.7 Å². The number of rotatable bonds is 6. The Hall–Kier alpha value is -3.80. The number of methoxy groups -OCH3 is 1. The van der Waals surface area contributed by atoms with E-state index in [9.17, 15) is 9.90 Å². The Kier molecular flexibility index (Phi) is 5.66. The van der Waals surface area contributed by atoms with Gasteiger partial charge in [0.05, 0.1) is 31.1 Å². The molecule has 0 atom stereocenters. The third kappa shape index (κ3) is 4.27. The zero-order chi connectivity index (χ0) is 20.9. The SMILES string of the molecule is COc1ccc(/C=C/C(=O)Nc2cccc3cnn(CC4=CC=CCC4)c23)cc1O. The normalized spacial score (nSPS) is 13.6. The quantitative estimate of drug-likeness (QED) is 0.588. The van der Waals surface area contributed by atoms with E-state index in [0.29, 0.717) is 23.5 Å². The number of aromatic hydroxyl groups is 1. The van der Waals surface area contributed by atoms with Crippen molar-refractivity contribution < 1.29 is 14.6 Å². The van der Waals surface area contributed by atoms with Crippen molar-refractivity contribution in [1.29, 1.82) is 0 Å². The first kappa shape index (κ1) is 19.5. The minimum absolute atomic E-state index is 0.0283.